The van der Waals surface area contributed by atoms with Gasteiger partial charge in [0.05, 0.1) is 0 Å². The van der Waals surface area contributed by atoms with Crippen molar-refractivity contribution in [2.45, 2.75) is 40.0 Å². The van der Waals surface area contributed by atoms with Gasteiger partial charge < -0.3 is 10.6 Å². The molecule has 0 saturated heterocycles. The number of nitrogens with one attached hydrogen (secondary N) is 2. The summed E-state index contributed by atoms with van der Waals surface area (Å²) in [4.78, 5) is 8.42. The van der Waals surface area contributed by atoms with Gasteiger partial charge in [0.25, 0.3) is 0 Å². The summed E-state index contributed by atoms with van der Waals surface area (Å²) in [6.07, 6.45) is 5.35. The van der Waals surface area contributed by atoms with Crippen LogP contribution in [0, 0.1) is 12.8 Å². The Kier molecular flexibility index (Phi) is 5.73. The molecule has 4 nitrogen and oxygen atoms in total. The Morgan fingerprint density at radius 3 is 2.53 bits per heavy atom. The third-order valence-corrected chi connectivity index (χ3v) is 2.82. The van der Waals surface area contributed by atoms with Gasteiger partial charge in [0, 0.05) is 19.2 Å². The van der Waals surface area contributed by atoms with E-state index in [0.29, 0.717) is 0 Å². The molecule has 0 atom stereocenters. The van der Waals surface area contributed by atoms with Gasteiger partial charge in [-0.1, -0.05) is 26.7 Å². The van der Waals surface area contributed by atoms with E-state index in [1.165, 1.54) is 19.3 Å². The smallest absolute Gasteiger partial charge is 0.134 e. The number of hydrogen-bond donors (Lipinski definition) is 2. The van der Waals surface area contributed by atoms with Crippen LogP contribution in [0.5, 0.6) is 0 Å². The Hall–Kier alpha value is -1.32. The first-order chi connectivity index (χ1) is 8.15. The van der Waals surface area contributed by atoms with Crippen LogP contribution < -0.4 is 10.6 Å². The van der Waals surface area contributed by atoms with E-state index in [1.807, 2.05) is 14.0 Å². The Bertz CT molecular complexity index is 336. The van der Waals surface area contributed by atoms with Crippen molar-refractivity contribution in [3.05, 3.63) is 11.9 Å². The summed E-state index contributed by atoms with van der Waals surface area (Å²) >= 11 is 0. The van der Waals surface area contributed by atoms with E-state index in [9.17, 15) is 0 Å². The molecule has 4 heteroatoms. The number of rotatable bonds is 7. The molecule has 0 aliphatic carbocycles. The quantitative estimate of drug-likeness (QED) is 0.714. The number of hydrogen-bond acceptors (Lipinski definition) is 4. The lowest BCUT2D eigenvalue weighted by atomic mass is 10.1. The fraction of sp³-hybridized carbons (Fsp3) is 0.692. The molecule has 1 aromatic rings. The lowest BCUT2D eigenvalue weighted by Crippen LogP contribution is -2.07. The van der Waals surface area contributed by atoms with Gasteiger partial charge in [0.1, 0.15) is 18.0 Å². The molecule has 0 saturated carbocycles. The first kappa shape index (κ1) is 13.7. The minimum absolute atomic E-state index is 0.798. The van der Waals surface area contributed by atoms with E-state index >= 15 is 0 Å². The lowest BCUT2D eigenvalue weighted by Gasteiger charge is -2.11. The highest BCUT2D eigenvalue weighted by Crippen LogP contribution is 2.17. The SMILES string of the molecule is CNc1ncnc(NCCCCC(C)C)c1C. The second-order valence-electron chi connectivity index (χ2n) is 4.76. The average molecular weight is 236 g/mol. The van der Waals surface area contributed by atoms with Gasteiger partial charge in [-0.05, 0) is 19.3 Å². The molecule has 2 N–H and O–H groups in total. The summed E-state index contributed by atoms with van der Waals surface area (Å²) in [6, 6.07) is 0. The topological polar surface area (TPSA) is 49.8 Å². The van der Waals surface area contributed by atoms with Crippen LogP contribution in [0.4, 0.5) is 11.6 Å². The van der Waals surface area contributed by atoms with Crippen molar-refractivity contribution >= 4 is 11.6 Å². The van der Waals surface area contributed by atoms with Crippen molar-refractivity contribution in [3.8, 4) is 0 Å². The number of nitrogens with zero attached hydrogens (tertiary/aromatic N) is 2. The van der Waals surface area contributed by atoms with Crippen LogP contribution >= 0.6 is 0 Å². The van der Waals surface area contributed by atoms with E-state index < -0.39 is 0 Å². The van der Waals surface area contributed by atoms with Crippen molar-refractivity contribution < 1.29 is 0 Å². The standard InChI is InChI=1S/C13H24N4/c1-10(2)7-5-6-8-15-13-11(3)12(14-4)16-9-17-13/h9-10H,5-8H2,1-4H3,(H2,14,15,16,17). The maximum Gasteiger partial charge on any atom is 0.134 e. The molecule has 1 aromatic heterocycles. The van der Waals surface area contributed by atoms with E-state index in [1.54, 1.807) is 6.33 Å². The van der Waals surface area contributed by atoms with Gasteiger partial charge in [-0.2, -0.15) is 0 Å². The monoisotopic (exact) mass is 236 g/mol. The van der Waals surface area contributed by atoms with E-state index in [0.717, 1.165) is 29.7 Å². The second kappa shape index (κ2) is 7.09. The van der Waals surface area contributed by atoms with Gasteiger partial charge in [0.2, 0.25) is 0 Å². The molecule has 96 valence electrons. The van der Waals surface area contributed by atoms with E-state index in [-0.39, 0.29) is 0 Å². The Morgan fingerprint density at radius 1 is 1.18 bits per heavy atom. The summed E-state index contributed by atoms with van der Waals surface area (Å²) in [5, 5.41) is 6.43. The molecular formula is C13H24N4. The molecule has 0 unspecified atom stereocenters. The molecule has 17 heavy (non-hydrogen) atoms. The summed E-state index contributed by atoms with van der Waals surface area (Å²) in [6.45, 7) is 7.54. The molecule has 0 aliphatic rings. The fourth-order valence-electron chi connectivity index (χ4n) is 1.76. The largest absolute Gasteiger partial charge is 0.373 e. The maximum atomic E-state index is 4.26. The molecule has 0 aliphatic heterocycles. The fourth-order valence-corrected chi connectivity index (χ4v) is 1.76. The third kappa shape index (κ3) is 4.59. The Balaban J connectivity index is 2.36. The average Bonchev–Trinajstić information content (AvgIpc) is 2.30. The van der Waals surface area contributed by atoms with Crippen LogP contribution in [0.2, 0.25) is 0 Å². The van der Waals surface area contributed by atoms with Crippen molar-refractivity contribution in [3.63, 3.8) is 0 Å². The highest BCUT2D eigenvalue weighted by Gasteiger charge is 2.04. The maximum absolute atomic E-state index is 4.26. The molecule has 0 amide bonds. The van der Waals surface area contributed by atoms with Gasteiger partial charge in [-0.15, -0.1) is 0 Å². The molecule has 0 radical (unpaired) electrons. The summed E-state index contributed by atoms with van der Waals surface area (Å²) in [5.41, 5.74) is 1.08. The number of aromatic nitrogens is 2. The summed E-state index contributed by atoms with van der Waals surface area (Å²) in [7, 11) is 1.88. The zero-order valence-corrected chi connectivity index (χ0v) is 11.4. The molecule has 0 aromatic carbocycles. The number of anilines is 2. The van der Waals surface area contributed by atoms with Gasteiger partial charge >= 0.3 is 0 Å². The van der Waals surface area contributed by atoms with Crippen LogP contribution in [0.3, 0.4) is 0 Å². The van der Waals surface area contributed by atoms with Crippen molar-refractivity contribution in [1.29, 1.82) is 0 Å². The van der Waals surface area contributed by atoms with E-state index in [2.05, 4.69) is 34.4 Å². The van der Waals surface area contributed by atoms with Gasteiger partial charge in [-0.3, -0.25) is 0 Å². The van der Waals surface area contributed by atoms with Crippen molar-refractivity contribution in [2.24, 2.45) is 5.92 Å². The minimum Gasteiger partial charge on any atom is -0.373 e. The molecule has 0 fully saturated rings. The molecule has 0 spiro atoms. The van der Waals surface area contributed by atoms with Crippen LogP contribution in [0.15, 0.2) is 6.33 Å². The molecule has 1 rings (SSSR count). The van der Waals surface area contributed by atoms with Crippen molar-refractivity contribution in [2.75, 3.05) is 24.2 Å². The third-order valence-electron chi connectivity index (χ3n) is 2.82. The predicted octanol–water partition coefficient (Wildman–Crippen LogP) is 3.06. The normalized spacial score (nSPS) is 10.6. The zero-order chi connectivity index (χ0) is 12.7. The Labute approximate surface area is 104 Å². The second-order valence-corrected chi connectivity index (χ2v) is 4.76. The molecule has 0 bridgehead atoms. The highest BCUT2D eigenvalue weighted by molar-refractivity contribution is 5.55. The number of unbranched alkanes of at least 4 members (excludes halogenated alkanes) is 1. The van der Waals surface area contributed by atoms with Gasteiger partial charge in [0.15, 0.2) is 0 Å². The van der Waals surface area contributed by atoms with Crippen LogP contribution in [0.1, 0.15) is 38.7 Å². The van der Waals surface area contributed by atoms with Crippen LogP contribution in [0.25, 0.3) is 0 Å². The van der Waals surface area contributed by atoms with E-state index in [4.69, 9.17) is 0 Å². The first-order valence-corrected chi connectivity index (χ1v) is 6.38. The Morgan fingerprint density at radius 2 is 1.88 bits per heavy atom. The predicted molar refractivity (Wildman–Crippen MR) is 73.5 cm³/mol. The van der Waals surface area contributed by atoms with Crippen molar-refractivity contribution in [1.82, 2.24) is 9.97 Å². The van der Waals surface area contributed by atoms with Crippen LogP contribution in [-0.2, 0) is 0 Å². The molecule has 1 heterocycles. The first-order valence-electron chi connectivity index (χ1n) is 6.38. The minimum atomic E-state index is 0.798. The van der Waals surface area contributed by atoms with Gasteiger partial charge in [-0.25, -0.2) is 9.97 Å². The summed E-state index contributed by atoms with van der Waals surface area (Å²) in [5.74, 6) is 2.63. The zero-order valence-electron chi connectivity index (χ0n) is 11.4. The molecular weight excluding hydrogens is 212 g/mol. The summed E-state index contributed by atoms with van der Waals surface area (Å²) < 4.78 is 0. The highest BCUT2D eigenvalue weighted by atomic mass is 15.1. The van der Waals surface area contributed by atoms with Crippen LogP contribution in [-0.4, -0.2) is 23.6 Å². The lowest BCUT2D eigenvalue weighted by molar-refractivity contribution is 0.544.